The van der Waals surface area contributed by atoms with E-state index >= 15 is 0 Å². The second kappa shape index (κ2) is 6.58. The van der Waals surface area contributed by atoms with Crippen LogP contribution in [0.25, 0.3) is 0 Å². The molecule has 0 atom stereocenters. The first kappa shape index (κ1) is 10.9. The van der Waals surface area contributed by atoms with Crippen molar-refractivity contribution in [1.82, 2.24) is 0 Å². The normalized spacial score (nSPS) is 10.2. The lowest BCUT2D eigenvalue weighted by atomic mass is 10.2. The van der Waals surface area contributed by atoms with Gasteiger partial charge in [0.25, 0.3) is 0 Å². The zero-order valence-electron chi connectivity index (χ0n) is 7.50. The van der Waals surface area contributed by atoms with Crippen molar-refractivity contribution in [1.29, 1.82) is 0 Å². The van der Waals surface area contributed by atoms with Crippen molar-refractivity contribution in [2.24, 2.45) is 0 Å². The van der Waals surface area contributed by atoms with Gasteiger partial charge in [-0.15, -0.1) is 0 Å². The summed E-state index contributed by atoms with van der Waals surface area (Å²) >= 11 is 0. The number of hydrogen-bond acceptors (Lipinski definition) is 3. The van der Waals surface area contributed by atoms with Crippen LogP contribution in [-0.2, 0) is 14.3 Å². The summed E-state index contributed by atoms with van der Waals surface area (Å²) in [6.07, 6.45) is 4.91. The average Bonchev–Trinajstić information content (AvgIpc) is 2.05. The fourth-order valence-electron chi connectivity index (χ4n) is 0.655. The predicted molar refractivity (Wildman–Crippen MR) is 45.7 cm³/mol. The molecule has 3 nitrogen and oxygen atoms in total. The second-order valence-corrected chi connectivity index (χ2v) is 2.41. The summed E-state index contributed by atoms with van der Waals surface area (Å²) in [6, 6.07) is 0. The van der Waals surface area contributed by atoms with E-state index in [4.69, 9.17) is 0 Å². The molecule has 0 N–H and O–H groups in total. The van der Waals surface area contributed by atoms with Gasteiger partial charge in [0.05, 0.1) is 7.11 Å². The Kier molecular flexibility index (Phi) is 5.97. The SMILES string of the molecule is CCC/C=C/C(=O)CC(=O)OC. The van der Waals surface area contributed by atoms with Gasteiger partial charge in [0.15, 0.2) is 5.78 Å². The van der Waals surface area contributed by atoms with Crippen molar-refractivity contribution in [3.05, 3.63) is 12.2 Å². The lowest BCUT2D eigenvalue weighted by molar-refractivity contribution is -0.142. The molecule has 0 saturated carbocycles. The molecule has 0 aromatic heterocycles. The highest BCUT2D eigenvalue weighted by atomic mass is 16.5. The average molecular weight is 170 g/mol. The maximum absolute atomic E-state index is 10.9. The third-order valence-corrected chi connectivity index (χ3v) is 1.31. The van der Waals surface area contributed by atoms with Gasteiger partial charge in [-0.1, -0.05) is 19.4 Å². The van der Waals surface area contributed by atoms with Crippen LogP contribution >= 0.6 is 0 Å². The quantitative estimate of drug-likeness (QED) is 0.356. The van der Waals surface area contributed by atoms with Crippen LogP contribution in [0.1, 0.15) is 26.2 Å². The smallest absolute Gasteiger partial charge is 0.313 e. The Labute approximate surface area is 72.4 Å². The fourth-order valence-corrected chi connectivity index (χ4v) is 0.655. The number of hydrogen-bond donors (Lipinski definition) is 0. The minimum atomic E-state index is -0.485. The highest BCUT2D eigenvalue weighted by molar-refractivity contribution is 6.01. The van der Waals surface area contributed by atoms with Crippen molar-refractivity contribution >= 4 is 11.8 Å². The highest BCUT2D eigenvalue weighted by Crippen LogP contribution is 1.92. The molecule has 0 amide bonds. The first-order chi connectivity index (χ1) is 5.70. The number of rotatable bonds is 5. The number of esters is 1. The molecule has 0 rings (SSSR count). The number of ether oxygens (including phenoxy) is 1. The maximum atomic E-state index is 10.9. The number of ketones is 1. The lowest BCUT2D eigenvalue weighted by Crippen LogP contribution is -2.06. The zero-order chi connectivity index (χ0) is 9.40. The molecular weight excluding hydrogens is 156 g/mol. The minimum Gasteiger partial charge on any atom is -0.469 e. The standard InChI is InChI=1S/C9H14O3/c1-3-4-5-6-8(10)7-9(11)12-2/h5-6H,3-4,7H2,1-2H3/b6-5+. The van der Waals surface area contributed by atoms with Gasteiger partial charge >= 0.3 is 5.97 Å². The Bertz CT molecular complexity index is 182. The lowest BCUT2D eigenvalue weighted by Gasteiger charge is -1.93. The summed E-state index contributed by atoms with van der Waals surface area (Å²) in [6.45, 7) is 2.02. The molecule has 0 heterocycles. The van der Waals surface area contributed by atoms with Crippen LogP contribution in [0.15, 0.2) is 12.2 Å². The van der Waals surface area contributed by atoms with Crippen molar-refractivity contribution in [3.8, 4) is 0 Å². The van der Waals surface area contributed by atoms with E-state index in [1.165, 1.54) is 13.2 Å². The van der Waals surface area contributed by atoms with Gasteiger partial charge < -0.3 is 4.74 Å². The zero-order valence-corrected chi connectivity index (χ0v) is 7.50. The number of unbranched alkanes of at least 4 members (excludes halogenated alkanes) is 1. The van der Waals surface area contributed by atoms with Gasteiger partial charge in [-0.2, -0.15) is 0 Å². The highest BCUT2D eigenvalue weighted by Gasteiger charge is 2.04. The summed E-state index contributed by atoms with van der Waals surface area (Å²) in [7, 11) is 1.27. The number of carbonyl (C=O) groups is 2. The van der Waals surface area contributed by atoms with E-state index in [1.807, 2.05) is 6.92 Å². The molecule has 12 heavy (non-hydrogen) atoms. The summed E-state index contributed by atoms with van der Waals surface area (Å²) in [4.78, 5) is 21.5. The third kappa shape index (κ3) is 5.65. The molecule has 68 valence electrons. The van der Waals surface area contributed by atoms with Crippen LogP contribution in [-0.4, -0.2) is 18.9 Å². The minimum absolute atomic E-state index is 0.156. The Hall–Kier alpha value is -1.12. The van der Waals surface area contributed by atoms with E-state index in [2.05, 4.69) is 4.74 Å². The monoisotopic (exact) mass is 170 g/mol. The molecule has 0 spiro atoms. The predicted octanol–water partition coefficient (Wildman–Crippen LogP) is 1.47. The van der Waals surface area contributed by atoms with Crippen molar-refractivity contribution in [3.63, 3.8) is 0 Å². The van der Waals surface area contributed by atoms with E-state index in [0.29, 0.717) is 0 Å². The van der Waals surface area contributed by atoms with Crippen LogP contribution in [0.5, 0.6) is 0 Å². The Morgan fingerprint density at radius 1 is 1.42 bits per heavy atom. The molecule has 0 aliphatic rings. The van der Waals surface area contributed by atoms with Crippen molar-refractivity contribution in [2.75, 3.05) is 7.11 Å². The molecule has 3 heteroatoms. The van der Waals surface area contributed by atoms with E-state index < -0.39 is 5.97 Å². The molecule has 0 unspecified atom stereocenters. The Morgan fingerprint density at radius 2 is 2.08 bits per heavy atom. The van der Waals surface area contributed by atoms with E-state index in [1.54, 1.807) is 6.08 Å². The molecule has 0 aliphatic heterocycles. The van der Waals surface area contributed by atoms with Gasteiger partial charge in [0.2, 0.25) is 0 Å². The number of allylic oxidation sites excluding steroid dienone is 2. The molecule has 0 fully saturated rings. The van der Waals surface area contributed by atoms with Gasteiger partial charge in [-0.05, 0) is 12.5 Å². The van der Waals surface area contributed by atoms with Crippen molar-refractivity contribution in [2.45, 2.75) is 26.2 Å². The topological polar surface area (TPSA) is 43.4 Å². The largest absolute Gasteiger partial charge is 0.469 e. The Morgan fingerprint density at radius 3 is 2.58 bits per heavy atom. The first-order valence-electron chi connectivity index (χ1n) is 3.97. The molecule has 0 aromatic rings. The van der Waals surface area contributed by atoms with Gasteiger partial charge in [0, 0.05) is 0 Å². The molecule has 0 bridgehead atoms. The molecule has 0 radical (unpaired) electrons. The summed E-state index contributed by atoms with van der Waals surface area (Å²) in [5.41, 5.74) is 0. The van der Waals surface area contributed by atoms with Gasteiger partial charge in [-0.25, -0.2) is 0 Å². The Balaban J connectivity index is 3.66. The van der Waals surface area contributed by atoms with E-state index in [0.717, 1.165) is 12.8 Å². The molecule has 0 aliphatic carbocycles. The van der Waals surface area contributed by atoms with Crippen LogP contribution < -0.4 is 0 Å². The summed E-state index contributed by atoms with van der Waals surface area (Å²) < 4.78 is 4.33. The van der Waals surface area contributed by atoms with Crippen LogP contribution in [0.2, 0.25) is 0 Å². The van der Waals surface area contributed by atoms with Crippen molar-refractivity contribution < 1.29 is 14.3 Å². The third-order valence-electron chi connectivity index (χ3n) is 1.31. The number of carbonyl (C=O) groups excluding carboxylic acids is 2. The first-order valence-corrected chi connectivity index (χ1v) is 3.97. The van der Waals surface area contributed by atoms with Crippen LogP contribution in [0, 0.1) is 0 Å². The molecular formula is C9H14O3. The van der Waals surface area contributed by atoms with E-state index in [9.17, 15) is 9.59 Å². The fraction of sp³-hybridized carbons (Fsp3) is 0.556. The van der Waals surface area contributed by atoms with Gasteiger partial charge in [-0.3, -0.25) is 9.59 Å². The van der Waals surface area contributed by atoms with E-state index in [-0.39, 0.29) is 12.2 Å². The second-order valence-electron chi connectivity index (χ2n) is 2.41. The maximum Gasteiger partial charge on any atom is 0.313 e. The van der Waals surface area contributed by atoms with Crippen LogP contribution in [0.4, 0.5) is 0 Å². The molecule has 0 aromatic carbocycles. The summed E-state index contributed by atoms with van der Waals surface area (Å²) in [5, 5.41) is 0. The molecule has 0 saturated heterocycles. The number of methoxy groups -OCH3 is 1. The summed E-state index contributed by atoms with van der Waals surface area (Å²) in [5.74, 6) is -0.684. The van der Waals surface area contributed by atoms with Gasteiger partial charge in [0.1, 0.15) is 6.42 Å². The van der Waals surface area contributed by atoms with Crippen LogP contribution in [0.3, 0.4) is 0 Å².